The van der Waals surface area contributed by atoms with Crippen LogP contribution in [0.2, 0.25) is 5.02 Å². The smallest absolute Gasteiger partial charge is 0.186 e. The average Bonchev–Trinajstić information content (AvgIpc) is 3.20. The number of rotatable bonds is 5. The zero-order valence-electron chi connectivity index (χ0n) is 15.6. The molecule has 0 fully saturated rings. The Labute approximate surface area is 173 Å². The first-order valence-corrected chi connectivity index (χ1v) is 9.85. The molecule has 3 aromatic carbocycles. The summed E-state index contributed by atoms with van der Waals surface area (Å²) in [7, 11) is 0. The molecule has 29 heavy (non-hydrogen) atoms. The fourth-order valence-electron chi connectivity index (χ4n) is 3.46. The van der Waals surface area contributed by atoms with Gasteiger partial charge in [-0.1, -0.05) is 71.4 Å². The van der Waals surface area contributed by atoms with E-state index in [-0.39, 0.29) is 0 Å². The second-order valence-electron chi connectivity index (χ2n) is 6.82. The minimum absolute atomic E-state index is 0.740. The Morgan fingerprint density at radius 3 is 2.45 bits per heavy atom. The van der Waals surface area contributed by atoms with Crippen molar-refractivity contribution in [3.63, 3.8) is 0 Å². The zero-order valence-corrected chi connectivity index (χ0v) is 16.3. The van der Waals surface area contributed by atoms with Crippen molar-refractivity contribution in [1.29, 1.82) is 0 Å². The van der Waals surface area contributed by atoms with Gasteiger partial charge >= 0.3 is 0 Å². The third-order valence-corrected chi connectivity index (χ3v) is 5.17. The van der Waals surface area contributed by atoms with E-state index in [1.807, 2.05) is 77.3 Å². The molecule has 142 valence electrons. The van der Waals surface area contributed by atoms with Crippen LogP contribution >= 0.6 is 11.6 Å². The monoisotopic (exact) mass is 399 g/mol. The molecule has 0 saturated heterocycles. The lowest BCUT2D eigenvalue weighted by Gasteiger charge is -2.10. The van der Waals surface area contributed by atoms with Crippen molar-refractivity contribution in [1.82, 2.24) is 19.8 Å². The number of halogens is 1. The van der Waals surface area contributed by atoms with Crippen LogP contribution in [0.25, 0.3) is 27.8 Å². The van der Waals surface area contributed by atoms with E-state index in [1.165, 1.54) is 5.56 Å². The van der Waals surface area contributed by atoms with E-state index in [0.717, 1.165) is 51.6 Å². The number of hydrogen-bond acceptors (Lipinski definition) is 4. The SMILES string of the molecule is Clc1ccc(CCNc2nc3c(-c4ccccc4)nnn3c3ccccc23)cc1. The van der Waals surface area contributed by atoms with Gasteiger partial charge in [-0.3, -0.25) is 0 Å². The molecular formula is C23H18ClN5. The van der Waals surface area contributed by atoms with Crippen LogP contribution in [0.3, 0.4) is 0 Å². The Bertz CT molecular complexity index is 1280. The molecule has 5 aromatic rings. The number of nitrogens with one attached hydrogen (secondary N) is 1. The van der Waals surface area contributed by atoms with Crippen LogP contribution in [0.4, 0.5) is 5.82 Å². The van der Waals surface area contributed by atoms with E-state index in [1.54, 1.807) is 0 Å². The van der Waals surface area contributed by atoms with Crippen molar-refractivity contribution in [2.24, 2.45) is 0 Å². The molecule has 2 heterocycles. The molecule has 0 spiro atoms. The highest BCUT2D eigenvalue weighted by Gasteiger charge is 2.15. The maximum Gasteiger partial charge on any atom is 0.186 e. The van der Waals surface area contributed by atoms with Gasteiger partial charge in [-0.15, -0.1) is 5.10 Å². The summed E-state index contributed by atoms with van der Waals surface area (Å²) in [6.45, 7) is 0.761. The van der Waals surface area contributed by atoms with Crippen LogP contribution in [-0.2, 0) is 6.42 Å². The molecule has 6 heteroatoms. The van der Waals surface area contributed by atoms with Crippen LogP contribution < -0.4 is 5.32 Å². The number of hydrogen-bond donors (Lipinski definition) is 1. The summed E-state index contributed by atoms with van der Waals surface area (Å²) in [6.07, 6.45) is 0.876. The summed E-state index contributed by atoms with van der Waals surface area (Å²) in [4.78, 5) is 4.89. The van der Waals surface area contributed by atoms with Crippen LogP contribution in [0.1, 0.15) is 5.56 Å². The predicted octanol–water partition coefficient (Wildman–Crippen LogP) is 5.25. The molecule has 0 bridgehead atoms. The Morgan fingerprint density at radius 1 is 0.862 bits per heavy atom. The quantitative estimate of drug-likeness (QED) is 0.438. The van der Waals surface area contributed by atoms with Crippen molar-refractivity contribution >= 4 is 34.0 Å². The molecule has 2 aromatic heterocycles. The van der Waals surface area contributed by atoms with Crippen LogP contribution in [-0.4, -0.2) is 26.4 Å². The predicted molar refractivity (Wildman–Crippen MR) is 117 cm³/mol. The molecule has 5 nitrogen and oxygen atoms in total. The van der Waals surface area contributed by atoms with Crippen LogP contribution in [0.15, 0.2) is 78.9 Å². The summed E-state index contributed by atoms with van der Waals surface area (Å²) in [5, 5.41) is 14.0. The first-order chi connectivity index (χ1) is 14.3. The lowest BCUT2D eigenvalue weighted by molar-refractivity contribution is 0.876. The third-order valence-electron chi connectivity index (χ3n) is 4.92. The maximum atomic E-state index is 5.98. The molecule has 0 saturated carbocycles. The van der Waals surface area contributed by atoms with Gasteiger partial charge in [-0.05, 0) is 36.2 Å². The lowest BCUT2D eigenvalue weighted by atomic mass is 10.1. The average molecular weight is 400 g/mol. The minimum Gasteiger partial charge on any atom is -0.369 e. The standard InChI is InChI=1S/C23H18ClN5/c24-18-12-10-16(11-13-18)14-15-25-22-19-8-4-5-9-20(19)29-23(26-22)21(27-28-29)17-6-2-1-3-7-17/h1-13H,14-15H2,(H,25,26). The first kappa shape index (κ1) is 17.6. The molecule has 0 aliphatic carbocycles. The third kappa shape index (κ3) is 3.41. The normalized spacial score (nSPS) is 11.2. The highest BCUT2D eigenvalue weighted by atomic mass is 35.5. The molecule has 0 aliphatic heterocycles. The number of nitrogens with zero attached hydrogens (tertiary/aromatic N) is 4. The van der Waals surface area contributed by atoms with Gasteiger partial charge in [0.1, 0.15) is 11.5 Å². The Balaban J connectivity index is 1.53. The Hall–Kier alpha value is -3.44. The highest BCUT2D eigenvalue weighted by molar-refractivity contribution is 6.30. The first-order valence-electron chi connectivity index (χ1n) is 9.47. The van der Waals surface area contributed by atoms with Crippen molar-refractivity contribution in [2.45, 2.75) is 6.42 Å². The molecule has 0 amide bonds. The molecule has 0 aliphatic rings. The molecule has 5 rings (SSSR count). The zero-order chi connectivity index (χ0) is 19.6. The van der Waals surface area contributed by atoms with Crippen molar-refractivity contribution < 1.29 is 0 Å². The summed E-state index contributed by atoms with van der Waals surface area (Å²) < 4.78 is 1.81. The summed E-state index contributed by atoms with van der Waals surface area (Å²) in [6, 6.07) is 26.1. The number of para-hydroxylation sites is 1. The van der Waals surface area contributed by atoms with E-state index >= 15 is 0 Å². The minimum atomic E-state index is 0.740. The summed E-state index contributed by atoms with van der Waals surface area (Å²) >= 11 is 5.98. The van der Waals surface area contributed by atoms with Crippen molar-refractivity contribution in [3.05, 3.63) is 89.4 Å². The van der Waals surface area contributed by atoms with Crippen LogP contribution in [0.5, 0.6) is 0 Å². The number of benzene rings is 3. The molecule has 0 atom stereocenters. The van der Waals surface area contributed by atoms with E-state index in [2.05, 4.69) is 21.7 Å². The topological polar surface area (TPSA) is 55.1 Å². The van der Waals surface area contributed by atoms with Gasteiger partial charge in [-0.25, -0.2) is 4.98 Å². The van der Waals surface area contributed by atoms with Crippen LogP contribution in [0, 0.1) is 0 Å². The molecule has 0 unspecified atom stereocenters. The Morgan fingerprint density at radius 2 is 1.62 bits per heavy atom. The Kier molecular flexibility index (Phi) is 4.58. The summed E-state index contributed by atoms with van der Waals surface area (Å²) in [5.74, 6) is 0.835. The molecular weight excluding hydrogens is 382 g/mol. The van der Waals surface area contributed by atoms with Gasteiger partial charge in [0.05, 0.1) is 5.52 Å². The van der Waals surface area contributed by atoms with Gasteiger partial charge in [0.15, 0.2) is 5.65 Å². The van der Waals surface area contributed by atoms with Crippen molar-refractivity contribution in [3.8, 4) is 11.3 Å². The number of fused-ring (bicyclic) bond motifs is 3. The van der Waals surface area contributed by atoms with Gasteiger partial charge in [-0.2, -0.15) is 4.52 Å². The van der Waals surface area contributed by atoms with Gasteiger partial charge in [0.2, 0.25) is 0 Å². The second kappa shape index (κ2) is 7.53. The molecule has 0 radical (unpaired) electrons. The van der Waals surface area contributed by atoms with E-state index < -0.39 is 0 Å². The highest BCUT2D eigenvalue weighted by Crippen LogP contribution is 2.27. The number of aromatic nitrogens is 4. The fourth-order valence-corrected chi connectivity index (χ4v) is 3.58. The van der Waals surface area contributed by atoms with E-state index in [4.69, 9.17) is 16.6 Å². The largest absolute Gasteiger partial charge is 0.369 e. The fraction of sp³-hybridized carbons (Fsp3) is 0.0870. The van der Waals surface area contributed by atoms with Gasteiger partial charge in [0, 0.05) is 22.5 Å². The maximum absolute atomic E-state index is 5.98. The number of anilines is 1. The van der Waals surface area contributed by atoms with E-state index in [0.29, 0.717) is 0 Å². The molecule has 1 N–H and O–H groups in total. The lowest BCUT2D eigenvalue weighted by Crippen LogP contribution is -2.08. The van der Waals surface area contributed by atoms with Gasteiger partial charge < -0.3 is 5.32 Å². The summed E-state index contributed by atoms with van der Waals surface area (Å²) in [5.41, 5.74) is 4.71. The second-order valence-corrected chi connectivity index (χ2v) is 7.26. The van der Waals surface area contributed by atoms with Gasteiger partial charge in [0.25, 0.3) is 0 Å². The van der Waals surface area contributed by atoms with E-state index in [9.17, 15) is 0 Å². The van der Waals surface area contributed by atoms with Crippen molar-refractivity contribution in [2.75, 3.05) is 11.9 Å².